The predicted molar refractivity (Wildman–Crippen MR) is 70.8 cm³/mol. The van der Waals surface area contributed by atoms with Crippen molar-refractivity contribution in [3.63, 3.8) is 0 Å². The molecule has 0 saturated carbocycles. The number of rotatable bonds is 3. The highest BCUT2D eigenvalue weighted by Crippen LogP contribution is 2.28. The third kappa shape index (κ3) is 2.71. The zero-order valence-electron chi connectivity index (χ0n) is 9.24. The summed E-state index contributed by atoms with van der Waals surface area (Å²) in [4.78, 5) is 12.1. The fourth-order valence-electron chi connectivity index (χ4n) is 1.58. The first kappa shape index (κ1) is 13.1. The number of Topliss-reactive ketones (excluding diaryl/α,β-unsaturated/α-hetero) is 1. The second-order valence-corrected chi connectivity index (χ2v) is 4.60. The number of halogens is 3. The summed E-state index contributed by atoms with van der Waals surface area (Å²) < 4.78 is 12.8. The quantitative estimate of drug-likeness (QED) is 0.592. The molecule has 0 amide bonds. The second kappa shape index (κ2) is 5.51. The molecule has 1 unspecified atom stereocenters. The average molecular weight is 283 g/mol. The van der Waals surface area contributed by atoms with Crippen molar-refractivity contribution in [3.8, 4) is 0 Å². The van der Waals surface area contributed by atoms with Crippen LogP contribution in [-0.2, 0) is 0 Å². The van der Waals surface area contributed by atoms with E-state index in [0.717, 1.165) is 0 Å². The SMILES string of the molecule is O=C(c1ccccc1Cl)C(Cl)c1ccc(F)cc1. The van der Waals surface area contributed by atoms with Crippen molar-refractivity contribution in [2.24, 2.45) is 0 Å². The molecule has 2 aromatic rings. The Morgan fingerprint density at radius 1 is 1.06 bits per heavy atom. The van der Waals surface area contributed by atoms with E-state index in [4.69, 9.17) is 23.2 Å². The van der Waals surface area contributed by atoms with Crippen LogP contribution in [0.25, 0.3) is 0 Å². The molecule has 0 spiro atoms. The van der Waals surface area contributed by atoms with Gasteiger partial charge >= 0.3 is 0 Å². The maximum Gasteiger partial charge on any atom is 0.186 e. The fraction of sp³-hybridized carbons (Fsp3) is 0.0714. The van der Waals surface area contributed by atoms with E-state index in [1.165, 1.54) is 24.3 Å². The molecule has 0 bridgehead atoms. The summed E-state index contributed by atoms with van der Waals surface area (Å²) >= 11 is 12.0. The number of carbonyl (C=O) groups excluding carboxylic acids is 1. The van der Waals surface area contributed by atoms with E-state index in [2.05, 4.69) is 0 Å². The summed E-state index contributed by atoms with van der Waals surface area (Å²) in [5.41, 5.74) is 0.909. The lowest BCUT2D eigenvalue weighted by Gasteiger charge is -2.10. The van der Waals surface area contributed by atoms with Crippen LogP contribution < -0.4 is 0 Å². The number of ketones is 1. The lowest BCUT2D eigenvalue weighted by Crippen LogP contribution is -2.08. The Morgan fingerprint density at radius 3 is 2.28 bits per heavy atom. The van der Waals surface area contributed by atoms with Crippen LogP contribution in [0.5, 0.6) is 0 Å². The summed E-state index contributed by atoms with van der Waals surface area (Å²) in [5.74, 6) is -0.665. The lowest BCUT2D eigenvalue weighted by atomic mass is 10.0. The van der Waals surface area contributed by atoms with Gasteiger partial charge in [-0.25, -0.2) is 4.39 Å². The highest BCUT2D eigenvalue weighted by molar-refractivity contribution is 6.38. The van der Waals surface area contributed by atoms with Crippen molar-refractivity contribution in [2.45, 2.75) is 5.38 Å². The van der Waals surface area contributed by atoms with Gasteiger partial charge in [-0.05, 0) is 29.8 Å². The molecule has 18 heavy (non-hydrogen) atoms. The summed E-state index contributed by atoms with van der Waals surface area (Å²) in [5, 5.41) is -0.513. The molecule has 2 aromatic carbocycles. The number of benzene rings is 2. The summed E-state index contributed by atoms with van der Waals surface area (Å²) in [6.45, 7) is 0. The first-order valence-corrected chi connectivity index (χ1v) is 6.09. The van der Waals surface area contributed by atoms with Crippen LogP contribution in [0.2, 0.25) is 5.02 Å². The minimum atomic E-state index is -0.870. The molecule has 2 rings (SSSR count). The topological polar surface area (TPSA) is 17.1 Å². The van der Waals surface area contributed by atoms with Gasteiger partial charge in [0, 0.05) is 5.56 Å². The first-order chi connectivity index (χ1) is 8.59. The number of carbonyl (C=O) groups is 1. The smallest absolute Gasteiger partial charge is 0.186 e. The van der Waals surface area contributed by atoms with E-state index in [1.807, 2.05) is 0 Å². The van der Waals surface area contributed by atoms with Gasteiger partial charge in [0.1, 0.15) is 11.2 Å². The van der Waals surface area contributed by atoms with Crippen molar-refractivity contribution < 1.29 is 9.18 Å². The number of alkyl halides is 1. The van der Waals surface area contributed by atoms with Crippen LogP contribution in [0.3, 0.4) is 0 Å². The van der Waals surface area contributed by atoms with Crippen LogP contribution >= 0.6 is 23.2 Å². The Morgan fingerprint density at radius 2 is 1.67 bits per heavy atom. The van der Waals surface area contributed by atoms with Crippen LogP contribution in [-0.4, -0.2) is 5.78 Å². The van der Waals surface area contributed by atoms with E-state index < -0.39 is 5.38 Å². The highest BCUT2D eigenvalue weighted by atomic mass is 35.5. The predicted octanol–water partition coefficient (Wildman–Crippen LogP) is 4.64. The molecule has 0 aliphatic carbocycles. The molecule has 0 aliphatic heterocycles. The summed E-state index contributed by atoms with van der Waals surface area (Å²) in [6.07, 6.45) is 0. The maximum absolute atomic E-state index is 12.8. The standard InChI is InChI=1S/C14H9Cl2FO/c15-12-4-2-1-3-11(12)14(18)13(16)9-5-7-10(17)8-6-9/h1-8,13H. The zero-order valence-corrected chi connectivity index (χ0v) is 10.8. The van der Waals surface area contributed by atoms with Gasteiger partial charge < -0.3 is 0 Å². The Labute approximate surface area is 114 Å². The summed E-state index contributed by atoms with van der Waals surface area (Å²) in [6, 6.07) is 12.2. The average Bonchev–Trinajstić information content (AvgIpc) is 2.38. The Balaban J connectivity index is 2.29. The third-order valence-corrected chi connectivity index (χ3v) is 3.31. The Kier molecular flexibility index (Phi) is 4.00. The van der Waals surface area contributed by atoms with E-state index in [0.29, 0.717) is 16.1 Å². The zero-order chi connectivity index (χ0) is 13.1. The minimum Gasteiger partial charge on any atom is -0.292 e. The minimum absolute atomic E-state index is 0.297. The van der Waals surface area contributed by atoms with Crippen LogP contribution in [0.4, 0.5) is 4.39 Å². The van der Waals surface area contributed by atoms with Gasteiger partial charge in [0.05, 0.1) is 5.02 Å². The van der Waals surface area contributed by atoms with Gasteiger partial charge in [0.2, 0.25) is 0 Å². The molecule has 0 aromatic heterocycles. The molecular weight excluding hydrogens is 274 g/mol. The van der Waals surface area contributed by atoms with Crippen LogP contribution in [0.1, 0.15) is 21.3 Å². The van der Waals surface area contributed by atoms with Gasteiger partial charge in [0.25, 0.3) is 0 Å². The van der Waals surface area contributed by atoms with Crippen LogP contribution in [0, 0.1) is 5.82 Å². The van der Waals surface area contributed by atoms with Crippen molar-refractivity contribution >= 4 is 29.0 Å². The van der Waals surface area contributed by atoms with Gasteiger partial charge in [-0.2, -0.15) is 0 Å². The van der Waals surface area contributed by atoms with E-state index >= 15 is 0 Å². The van der Waals surface area contributed by atoms with E-state index in [1.54, 1.807) is 24.3 Å². The molecule has 4 heteroatoms. The molecule has 92 valence electrons. The number of hydrogen-bond donors (Lipinski definition) is 0. The van der Waals surface area contributed by atoms with Crippen molar-refractivity contribution in [3.05, 3.63) is 70.5 Å². The molecular formula is C14H9Cl2FO. The van der Waals surface area contributed by atoms with Gasteiger partial charge in [-0.3, -0.25) is 4.79 Å². The van der Waals surface area contributed by atoms with Gasteiger partial charge in [-0.1, -0.05) is 35.9 Å². The first-order valence-electron chi connectivity index (χ1n) is 5.28. The monoisotopic (exact) mass is 282 g/mol. The van der Waals surface area contributed by atoms with E-state index in [9.17, 15) is 9.18 Å². The molecule has 0 saturated heterocycles. The van der Waals surface area contributed by atoms with Crippen LogP contribution in [0.15, 0.2) is 48.5 Å². The highest BCUT2D eigenvalue weighted by Gasteiger charge is 2.21. The molecule has 1 atom stereocenters. The molecule has 0 heterocycles. The fourth-order valence-corrected chi connectivity index (χ4v) is 2.07. The maximum atomic E-state index is 12.8. The summed E-state index contributed by atoms with van der Waals surface area (Å²) in [7, 11) is 0. The van der Waals surface area contributed by atoms with Gasteiger partial charge in [-0.15, -0.1) is 11.6 Å². The molecule has 0 N–H and O–H groups in total. The van der Waals surface area contributed by atoms with Crippen molar-refractivity contribution in [1.29, 1.82) is 0 Å². The van der Waals surface area contributed by atoms with E-state index in [-0.39, 0.29) is 11.6 Å². The Hall–Kier alpha value is -1.38. The molecule has 0 fully saturated rings. The van der Waals surface area contributed by atoms with Crippen molar-refractivity contribution in [2.75, 3.05) is 0 Å². The van der Waals surface area contributed by atoms with Gasteiger partial charge in [0.15, 0.2) is 5.78 Å². The van der Waals surface area contributed by atoms with Crippen molar-refractivity contribution in [1.82, 2.24) is 0 Å². The largest absolute Gasteiger partial charge is 0.292 e. The molecule has 1 nitrogen and oxygen atoms in total. The Bertz CT molecular complexity index is 566. The lowest BCUT2D eigenvalue weighted by molar-refractivity contribution is 0.0987. The normalized spacial score (nSPS) is 12.2. The number of hydrogen-bond acceptors (Lipinski definition) is 1. The third-order valence-electron chi connectivity index (χ3n) is 2.53. The molecule has 0 radical (unpaired) electrons. The molecule has 0 aliphatic rings. The second-order valence-electron chi connectivity index (χ2n) is 3.76.